The van der Waals surface area contributed by atoms with E-state index in [0.717, 1.165) is 11.3 Å². The molecule has 2 aromatic carbocycles. The number of esters is 1. The summed E-state index contributed by atoms with van der Waals surface area (Å²) in [6.07, 6.45) is 3.23. The first kappa shape index (κ1) is 18.3. The van der Waals surface area contributed by atoms with Crippen molar-refractivity contribution in [2.24, 2.45) is 0 Å². The van der Waals surface area contributed by atoms with Gasteiger partial charge in [-0.3, -0.25) is 4.79 Å². The van der Waals surface area contributed by atoms with Crippen molar-refractivity contribution < 1.29 is 14.3 Å². The van der Waals surface area contributed by atoms with Crippen LogP contribution in [0.15, 0.2) is 54.6 Å². The third-order valence-corrected chi connectivity index (χ3v) is 3.50. The summed E-state index contributed by atoms with van der Waals surface area (Å²) in [6.45, 7) is 2.09. The zero-order valence-electron chi connectivity index (χ0n) is 14.7. The van der Waals surface area contributed by atoms with Gasteiger partial charge in [-0.05, 0) is 55.0 Å². The van der Waals surface area contributed by atoms with Crippen LogP contribution >= 0.6 is 0 Å². The standard InChI is InChI=1S/C20H22N2O3/c1-4-25-20(24)16-8-10-17(11-9-16)21-19(23)14-7-15-5-12-18(13-6-15)22(2)3/h5-14H,4H2,1-3H3,(H,21,23). The molecule has 0 radical (unpaired) electrons. The van der Waals surface area contributed by atoms with E-state index in [1.807, 2.05) is 43.3 Å². The van der Waals surface area contributed by atoms with Gasteiger partial charge in [0.1, 0.15) is 0 Å². The van der Waals surface area contributed by atoms with Gasteiger partial charge in [0, 0.05) is 31.5 Å². The quantitative estimate of drug-likeness (QED) is 0.646. The summed E-state index contributed by atoms with van der Waals surface area (Å²) in [7, 11) is 3.96. The maximum Gasteiger partial charge on any atom is 0.338 e. The van der Waals surface area contributed by atoms with Gasteiger partial charge in [-0.25, -0.2) is 4.79 Å². The molecule has 2 aromatic rings. The van der Waals surface area contributed by atoms with Crippen LogP contribution in [0.1, 0.15) is 22.8 Å². The monoisotopic (exact) mass is 338 g/mol. The van der Waals surface area contributed by atoms with Crippen molar-refractivity contribution in [1.29, 1.82) is 0 Å². The minimum atomic E-state index is -0.374. The molecular weight excluding hydrogens is 316 g/mol. The van der Waals surface area contributed by atoms with E-state index >= 15 is 0 Å². The molecule has 25 heavy (non-hydrogen) atoms. The Bertz CT molecular complexity index is 748. The Morgan fingerprint density at radius 3 is 2.24 bits per heavy atom. The number of carbonyl (C=O) groups excluding carboxylic acids is 2. The highest BCUT2D eigenvalue weighted by Crippen LogP contribution is 2.14. The molecule has 2 rings (SSSR count). The van der Waals surface area contributed by atoms with Gasteiger partial charge in [-0.2, -0.15) is 0 Å². The van der Waals surface area contributed by atoms with Crippen LogP contribution in [0.5, 0.6) is 0 Å². The van der Waals surface area contributed by atoms with Crippen LogP contribution in [-0.4, -0.2) is 32.6 Å². The highest BCUT2D eigenvalue weighted by atomic mass is 16.5. The largest absolute Gasteiger partial charge is 0.462 e. The molecule has 1 N–H and O–H groups in total. The molecule has 0 spiro atoms. The molecule has 1 amide bonds. The summed E-state index contributed by atoms with van der Waals surface area (Å²) < 4.78 is 4.92. The van der Waals surface area contributed by atoms with E-state index in [9.17, 15) is 9.59 Å². The Morgan fingerprint density at radius 1 is 1.04 bits per heavy atom. The van der Waals surface area contributed by atoms with Crippen LogP contribution < -0.4 is 10.2 Å². The van der Waals surface area contributed by atoms with Crippen molar-refractivity contribution in [2.75, 3.05) is 30.9 Å². The van der Waals surface area contributed by atoms with Crippen molar-refractivity contribution in [3.05, 3.63) is 65.7 Å². The lowest BCUT2D eigenvalue weighted by Gasteiger charge is -2.11. The fraction of sp³-hybridized carbons (Fsp3) is 0.200. The summed E-state index contributed by atoms with van der Waals surface area (Å²) in [5, 5.41) is 2.75. The van der Waals surface area contributed by atoms with E-state index in [2.05, 4.69) is 5.32 Å². The summed E-state index contributed by atoms with van der Waals surface area (Å²) in [6, 6.07) is 14.5. The van der Waals surface area contributed by atoms with E-state index in [1.54, 1.807) is 37.3 Å². The Morgan fingerprint density at radius 2 is 1.68 bits per heavy atom. The molecule has 0 unspecified atom stereocenters. The number of hydrogen-bond acceptors (Lipinski definition) is 4. The van der Waals surface area contributed by atoms with Gasteiger partial charge < -0.3 is 15.0 Å². The number of nitrogens with zero attached hydrogens (tertiary/aromatic N) is 1. The highest BCUT2D eigenvalue weighted by molar-refractivity contribution is 6.02. The van der Waals surface area contributed by atoms with Gasteiger partial charge in [0.05, 0.1) is 12.2 Å². The van der Waals surface area contributed by atoms with Gasteiger partial charge in [0.2, 0.25) is 5.91 Å². The number of benzene rings is 2. The molecule has 0 aliphatic heterocycles. The molecule has 0 atom stereocenters. The fourth-order valence-corrected chi connectivity index (χ4v) is 2.14. The summed E-state index contributed by atoms with van der Waals surface area (Å²) in [5.74, 6) is -0.609. The van der Waals surface area contributed by atoms with E-state index in [4.69, 9.17) is 4.74 Å². The molecule has 5 nitrogen and oxygen atoms in total. The number of rotatable bonds is 6. The molecule has 0 aliphatic rings. The molecule has 130 valence electrons. The lowest BCUT2D eigenvalue weighted by Crippen LogP contribution is -2.09. The smallest absolute Gasteiger partial charge is 0.338 e. The summed E-state index contributed by atoms with van der Waals surface area (Å²) in [5.41, 5.74) is 3.11. The first-order valence-electron chi connectivity index (χ1n) is 8.03. The molecule has 0 aliphatic carbocycles. The SMILES string of the molecule is CCOC(=O)c1ccc(NC(=O)C=Cc2ccc(N(C)C)cc2)cc1. The zero-order valence-corrected chi connectivity index (χ0v) is 14.7. The second kappa shape index (κ2) is 8.68. The first-order valence-corrected chi connectivity index (χ1v) is 8.03. The maximum atomic E-state index is 12.0. The molecule has 0 fully saturated rings. The molecule has 0 saturated carbocycles. The van der Waals surface area contributed by atoms with Gasteiger partial charge in [-0.15, -0.1) is 0 Å². The van der Waals surface area contributed by atoms with Crippen molar-refractivity contribution >= 4 is 29.3 Å². The van der Waals surface area contributed by atoms with Gasteiger partial charge in [0.25, 0.3) is 0 Å². The Hall–Kier alpha value is -3.08. The van der Waals surface area contributed by atoms with Gasteiger partial charge in [-0.1, -0.05) is 12.1 Å². The summed E-state index contributed by atoms with van der Waals surface area (Å²) in [4.78, 5) is 25.6. The van der Waals surface area contributed by atoms with Crippen LogP contribution in [0.4, 0.5) is 11.4 Å². The van der Waals surface area contributed by atoms with Crippen LogP contribution in [0.3, 0.4) is 0 Å². The fourth-order valence-electron chi connectivity index (χ4n) is 2.14. The maximum absolute atomic E-state index is 12.0. The minimum absolute atomic E-state index is 0.236. The lowest BCUT2D eigenvalue weighted by atomic mass is 10.2. The van der Waals surface area contributed by atoms with Gasteiger partial charge >= 0.3 is 5.97 Å². The number of hydrogen-bond donors (Lipinski definition) is 1. The van der Waals surface area contributed by atoms with Crippen LogP contribution in [-0.2, 0) is 9.53 Å². The predicted octanol–water partition coefficient (Wildman–Crippen LogP) is 3.58. The van der Waals surface area contributed by atoms with E-state index in [-0.39, 0.29) is 11.9 Å². The summed E-state index contributed by atoms with van der Waals surface area (Å²) >= 11 is 0. The molecule has 0 saturated heterocycles. The van der Waals surface area contributed by atoms with Crippen molar-refractivity contribution in [2.45, 2.75) is 6.92 Å². The average molecular weight is 338 g/mol. The zero-order chi connectivity index (χ0) is 18.2. The number of carbonyl (C=O) groups is 2. The molecular formula is C20H22N2O3. The van der Waals surface area contributed by atoms with Crippen LogP contribution in [0.25, 0.3) is 6.08 Å². The lowest BCUT2D eigenvalue weighted by molar-refractivity contribution is -0.111. The van der Waals surface area contributed by atoms with Crippen molar-refractivity contribution in [3.63, 3.8) is 0 Å². The first-order chi connectivity index (χ1) is 12.0. The highest BCUT2D eigenvalue weighted by Gasteiger charge is 2.06. The number of amides is 1. The van der Waals surface area contributed by atoms with E-state index in [0.29, 0.717) is 17.9 Å². The Kier molecular flexibility index (Phi) is 6.34. The van der Waals surface area contributed by atoms with E-state index in [1.165, 1.54) is 6.08 Å². The Balaban J connectivity index is 1.94. The second-order valence-electron chi connectivity index (χ2n) is 5.61. The number of anilines is 2. The molecule has 5 heteroatoms. The van der Waals surface area contributed by atoms with Crippen LogP contribution in [0.2, 0.25) is 0 Å². The van der Waals surface area contributed by atoms with E-state index < -0.39 is 0 Å². The molecule has 0 aromatic heterocycles. The third-order valence-electron chi connectivity index (χ3n) is 3.50. The number of nitrogens with one attached hydrogen (secondary N) is 1. The molecule has 0 heterocycles. The van der Waals surface area contributed by atoms with Crippen molar-refractivity contribution in [1.82, 2.24) is 0 Å². The predicted molar refractivity (Wildman–Crippen MR) is 101 cm³/mol. The Labute approximate surface area is 147 Å². The average Bonchev–Trinajstić information content (AvgIpc) is 2.61. The van der Waals surface area contributed by atoms with Crippen molar-refractivity contribution in [3.8, 4) is 0 Å². The topological polar surface area (TPSA) is 58.6 Å². The number of ether oxygens (including phenoxy) is 1. The second-order valence-corrected chi connectivity index (χ2v) is 5.61. The normalized spacial score (nSPS) is 10.5. The van der Waals surface area contributed by atoms with Crippen LogP contribution in [0, 0.1) is 0 Å². The third kappa shape index (κ3) is 5.49. The molecule has 0 bridgehead atoms. The van der Waals surface area contributed by atoms with Gasteiger partial charge in [0.15, 0.2) is 0 Å². The minimum Gasteiger partial charge on any atom is -0.462 e.